The van der Waals surface area contributed by atoms with Crippen molar-refractivity contribution >= 4 is 23.6 Å². The fourth-order valence-corrected chi connectivity index (χ4v) is 2.96. The molecule has 3 amide bonds. The maximum absolute atomic E-state index is 12.3. The zero-order chi connectivity index (χ0) is 20.0. The number of likely N-dealkylation sites (tertiary alicyclic amines) is 1. The lowest BCUT2D eigenvalue weighted by Crippen LogP contribution is -2.49. The minimum atomic E-state index is -0.384. The van der Waals surface area contributed by atoms with Crippen molar-refractivity contribution in [1.82, 2.24) is 10.2 Å². The van der Waals surface area contributed by atoms with Gasteiger partial charge in [0.1, 0.15) is 0 Å². The van der Waals surface area contributed by atoms with Gasteiger partial charge in [0.25, 0.3) is 0 Å². The van der Waals surface area contributed by atoms with Gasteiger partial charge in [-0.2, -0.15) is 0 Å². The Balaban J connectivity index is 1.80. The molecule has 2 rings (SSSR count). The summed E-state index contributed by atoms with van der Waals surface area (Å²) in [5.74, 6) is -0.239. The molecule has 1 fully saturated rings. The van der Waals surface area contributed by atoms with E-state index in [-0.39, 0.29) is 29.4 Å². The SMILES string of the molecule is CCOC(=O)c1ccc(NC(=O)NC2CCN(C(=O)C(C)(C)C)CC2)cc1. The third kappa shape index (κ3) is 5.98. The molecule has 1 aliphatic rings. The molecule has 1 aliphatic heterocycles. The predicted octanol–water partition coefficient (Wildman–Crippen LogP) is 3.02. The first-order valence-corrected chi connectivity index (χ1v) is 9.34. The fraction of sp³-hybridized carbons (Fsp3) is 0.550. The predicted molar refractivity (Wildman–Crippen MR) is 104 cm³/mol. The monoisotopic (exact) mass is 375 g/mol. The van der Waals surface area contributed by atoms with Gasteiger partial charge in [0.15, 0.2) is 0 Å². The van der Waals surface area contributed by atoms with Crippen LogP contribution in [0.1, 0.15) is 50.9 Å². The van der Waals surface area contributed by atoms with Crippen LogP contribution < -0.4 is 10.6 Å². The number of benzene rings is 1. The molecule has 1 heterocycles. The van der Waals surface area contributed by atoms with E-state index in [0.29, 0.717) is 30.9 Å². The summed E-state index contributed by atoms with van der Waals surface area (Å²) in [6, 6.07) is 6.30. The first-order valence-electron chi connectivity index (χ1n) is 9.34. The number of anilines is 1. The minimum Gasteiger partial charge on any atom is -0.462 e. The third-order valence-electron chi connectivity index (χ3n) is 4.41. The van der Waals surface area contributed by atoms with Crippen LogP contribution in [0, 0.1) is 5.41 Å². The molecule has 0 saturated carbocycles. The lowest BCUT2D eigenvalue weighted by molar-refractivity contribution is -0.140. The molecule has 0 aromatic heterocycles. The Hall–Kier alpha value is -2.57. The van der Waals surface area contributed by atoms with Gasteiger partial charge in [0.05, 0.1) is 12.2 Å². The van der Waals surface area contributed by atoms with E-state index in [0.717, 1.165) is 12.8 Å². The molecule has 0 aliphatic carbocycles. The fourth-order valence-electron chi connectivity index (χ4n) is 2.96. The van der Waals surface area contributed by atoms with Crippen molar-refractivity contribution in [3.63, 3.8) is 0 Å². The highest BCUT2D eigenvalue weighted by Crippen LogP contribution is 2.21. The van der Waals surface area contributed by atoms with Gasteiger partial charge in [-0.25, -0.2) is 9.59 Å². The Morgan fingerprint density at radius 2 is 1.70 bits per heavy atom. The van der Waals surface area contributed by atoms with Gasteiger partial charge < -0.3 is 20.3 Å². The highest BCUT2D eigenvalue weighted by Gasteiger charge is 2.30. The Bertz CT molecular complexity index is 671. The number of carbonyl (C=O) groups excluding carboxylic acids is 3. The molecule has 0 atom stereocenters. The van der Waals surface area contributed by atoms with Crippen LogP contribution in [0.25, 0.3) is 0 Å². The van der Waals surface area contributed by atoms with E-state index < -0.39 is 0 Å². The maximum Gasteiger partial charge on any atom is 0.338 e. The molecule has 1 aromatic carbocycles. The molecule has 148 valence electrons. The summed E-state index contributed by atoms with van der Waals surface area (Å²) in [4.78, 5) is 38.0. The molecule has 27 heavy (non-hydrogen) atoms. The smallest absolute Gasteiger partial charge is 0.338 e. The molecule has 0 spiro atoms. The second kappa shape index (κ2) is 8.88. The van der Waals surface area contributed by atoms with Gasteiger partial charge >= 0.3 is 12.0 Å². The molecule has 0 bridgehead atoms. The number of nitrogens with zero attached hydrogens (tertiary/aromatic N) is 1. The van der Waals surface area contributed by atoms with Crippen LogP contribution in [0.5, 0.6) is 0 Å². The van der Waals surface area contributed by atoms with E-state index in [4.69, 9.17) is 4.74 Å². The zero-order valence-corrected chi connectivity index (χ0v) is 16.5. The van der Waals surface area contributed by atoms with Crippen molar-refractivity contribution in [3.8, 4) is 0 Å². The average Bonchev–Trinajstić information content (AvgIpc) is 2.61. The average molecular weight is 375 g/mol. The Kier molecular flexibility index (Phi) is 6.82. The molecule has 0 unspecified atom stereocenters. The zero-order valence-electron chi connectivity index (χ0n) is 16.5. The van der Waals surface area contributed by atoms with Gasteiger partial charge in [-0.3, -0.25) is 4.79 Å². The van der Waals surface area contributed by atoms with Crippen LogP contribution in [0.4, 0.5) is 10.5 Å². The van der Waals surface area contributed by atoms with Crippen molar-refractivity contribution in [1.29, 1.82) is 0 Å². The summed E-state index contributed by atoms with van der Waals surface area (Å²) >= 11 is 0. The van der Waals surface area contributed by atoms with E-state index in [2.05, 4.69) is 10.6 Å². The normalized spacial score (nSPS) is 15.2. The van der Waals surface area contributed by atoms with Gasteiger partial charge in [0.2, 0.25) is 5.91 Å². The van der Waals surface area contributed by atoms with E-state index in [1.54, 1.807) is 31.2 Å². The van der Waals surface area contributed by atoms with Crippen molar-refractivity contribution in [3.05, 3.63) is 29.8 Å². The van der Waals surface area contributed by atoms with Crippen LogP contribution in [0.15, 0.2) is 24.3 Å². The number of piperidine rings is 1. The van der Waals surface area contributed by atoms with E-state index in [1.807, 2.05) is 25.7 Å². The topological polar surface area (TPSA) is 87.7 Å². The Morgan fingerprint density at radius 1 is 1.11 bits per heavy atom. The van der Waals surface area contributed by atoms with Crippen LogP contribution in [0.3, 0.4) is 0 Å². The van der Waals surface area contributed by atoms with E-state index >= 15 is 0 Å². The number of ether oxygens (including phenoxy) is 1. The molecule has 2 N–H and O–H groups in total. The molecule has 0 radical (unpaired) electrons. The number of esters is 1. The lowest BCUT2D eigenvalue weighted by Gasteiger charge is -2.35. The Labute approximate surface area is 160 Å². The number of hydrogen-bond acceptors (Lipinski definition) is 4. The van der Waals surface area contributed by atoms with Gasteiger partial charge in [-0.1, -0.05) is 20.8 Å². The number of urea groups is 1. The van der Waals surface area contributed by atoms with Crippen LogP contribution in [-0.4, -0.2) is 48.5 Å². The lowest BCUT2D eigenvalue weighted by atomic mass is 9.93. The van der Waals surface area contributed by atoms with Gasteiger partial charge in [-0.15, -0.1) is 0 Å². The van der Waals surface area contributed by atoms with Crippen molar-refractivity contribution in [2.24, 2.45) is 5.41 Å². The minimum absolute atomic E-state index is 0.0350. The van der Waals surface area contributed by atoms with Gasteiger partial charge in [-0.05, 0) is 44.0 Å². The molecule has 1 aromatic rings. The number of carbonyl (C=O) groups is 3. The second-order valence-corrected chi connectivity index (χ2v) is 7.71. The van der Waals surface area contributed by atoms with Gasteiger partial charge in [0, 0.05) is 30.2 Å². The van der Waals surface area contributed by atoms with Crippen LogP contribution in [-0.2, 0) is 9.53 Å². The van der Waals surface area contributed by atoms with E-state index in [1.165, 1.54) is 0 Å². The number of hydrogen-bond donors (Lipinski definition) is 2. The third-order valence-corrected chi connectivity index (χ3v) is 4.41. The summed E-state index contributed by atoms with van der Waals surface area (Å²) in [7, 11) is 0. The van der Waals surface area contributed by atoms with Crippen molar-refractivity contribution < 1.29 is 19.1 Å². The van der Waals surface area contributed by atoms with Crippen LogP contribution in [0.2, 0.25) is 0 Å². The first kappa shape index (κ1) is 20.7. The highest BCUT2D eigenvalue weighted by atomic mass is 16.5. The largest absolute Gasteiger partial charge is 0.462 e. The summed E-state index contributed by atoms with van der Waals surface area (Å²) in [5, 5.41) is 5.71. The molecule has 7 nitrogen and oxygen atoms in total. The van der Waals surface area contributed by atoms with Crippen molar-refractivity contribution in [2.45, 2.75) is 46.6 Å². The molecule has 7 heteroatoms. The number of nitrogens with one attached hydrogen (secondary N) is 2. The first-order chi connectivity index (χ1) is 12.7. The summed E-state index contributed by atoms with van der Waals surface area (Å²) in [5.41, 5.74) is 0.660. The summed E-state index contributed by atoms with van der Waals surface area (Å²) in [6.07, 6.45) is 1.47. The van der Waals surface area contributed by atoms with Crippen LogP contribution >= 0.6 is 0 Å². The second-order valence-electron chi connectivity index (χ2n) is 7.71. The molecular formula is C20H29N3O4. The maximum atomic E-state index is 12.3. The van der Waals surface area contributed by atoms with E-state index in [9.17, 15) is 14.4 Å². The number of rotatable bonds is 4. The summed E-state index contributed by atoms with van der Waals surface area (Å²) in [6.45, 7) is 9.12. The standard InChI is InChI=1S/C20H29N3O4/c1-5-27-17(24)14-6-8-15(9-7-14)21-19(26)22-16-10-12-23(13-11-16)18(25)20(2,3)4/h6-9,16H,5,10-13H2,1-4H3,(H2,21,22,26). The molecular weight excluding hydrogens is 346 g/mol. The Morgan fingerprint density at radius 3 is 2.22 bits per heavy atom. The quantitative estimate of drug-likeness (QED) is 0.792. The highest BCUT2D eigenvalue weighted by molar-refractivity contribution is 5.92. The van der Waals surface area contributed by atoms with Crippen molar-refractivity contribution in [2.75, 3.05) is 25.0 Å². The summed E-state index contributed by atoms with van der Waals surface area (Å²) < 4.78 is 4.93. The number of amides is 3. The molecule has 1 saturated heterocycles.